The molecule has 3 heterocycles. The molecular weight excluding hydrogens is 364 g/mol. The minimum Gasteiger partial charge on any atom is -0.467 e. The molecule has 3 aromatic heterocycles. The van der Waals surface area contributed by atoms with E-state index in [1.54, 1.807) is 23.9 Å². The fourth-order valence-electron chi connectivity index (χ4n) is 2.58. The predicted octanol–water partition coefficient (Wildman–Crippen LogP) is 4.35. The zero-order valence-corrected chi connectivity index (χ0v) is 16.7. The van der Waals surface area contributed by atoms with E-state index < -0.39 is 11.7 Å². The number of hydrogen-bond donors (Lipinski definition) is 2. The van der Waals surface area contributed by atoms with Crippen LogP contribution in [0.5, 0.6) is 0 Å². The standard InChI is InChI=1S/C19H24N4O3S/c1-12(23-18(24)26-19(2,3)4)8-14-9-15-16(27-14)17(22-11-21-15)20-10-13-6-5-7-25-13/h5-7,9,11-12H,8,10H2,1-4H3,(H,23,24)(H,20,21,22)/t12-/m1/s1. The fraction of sp³-hybridized carbons (Fsp3) is 0.421. The van der Waals surface area contributed by atoms with Gasteiger partial charge in [0.05, 0.1) is 23.0 Å². The summed E-state index contributed by atoms with van der Waals surface area (Å²) in [6, 6.07) is 5.75. The van der Waals surface area contributed by atoms with Crippen LogP contribution in [0, 0.1) is 0 Å². The Kier molecular flexibility index (Phi) is 5.65. The minimum atomic E-state index is -0.508. The Labute approximate surface area is 162 Å². The summed E-state index contributed by atoms with van der Waals surface area (Å²) >= 11 is 1.62. The Morgan fingerprint density at radius 3 is 2.89 bits per heavy atom. The number of carbonyl (C=O) groups is 1. The van der Waals surface area contributed by atoms with Gasteiger partial charge >= 0.3 is 6.09 Å². The van der Waals surface area contributed by atoms with Gasteiger partial charge in [0.15, 0.2) is 0 Å². The van der Waals surface area contributed by atoms with Crippen LogP contribution in [0.1, 0.15) is 38.3 Å². The Hall–Kier alpha value is -2.61. The van der Waals surface area contributed by atoms with E-state index in [-0.39, 0.29) is 6.04 Å². The molecule has 144 valence electrons. The number of hydrogen-bond acceptors (Lipinski definition) is 7. The van der Waals surface area contributed by atoms with Crippen LogP contribution in [-0.4, -0.2) is 27.7 Å². The van der Waals surface area contributed by atoms with Crippen molar-refractivity contribution >= 4 is 33.5 Å². The summed E-state index contributed by atoms with van der Waals surface area (Å²) in [7, 11) is 0. The molecule has 3 aromatic rings. The maximum Gasteiger partial charge on any atom is 0.407 e. The molecular formula is C19H24N4O3S. The first-order valence-electron chi connectivity index (χ1n) is 8.79. The van der Waals surface area contributed by atoms with Crippen molar-refractivity contribution < 1.29 is 13.9 Å². The number of fused-ring (bicyclic) bond motifs is 1. The molecule has 0 aliphatic rings. The number of anilines is 1. The van der Waals surface area contributed by atoms with Crippen molar-refractivity contribution in [3.05, 3.63) is 41.4 Å². The van der Waals surface area contributed by atoms with E-state index in [1.807, 2.05) is 45.9 Å². The molecule has 3 rings (SSSR count). The second-order valence-electron chi connectivity index (χ2n) is 7.33. The average molecular weight is 388 g/mol. The minimum absolute atomic E-state index is 0.0552. The highest BCUT2D eigenvalue weighted by atomic mass is 32.1. The van der Waals surface area contributed by atoms with E-state index >= 15 is 0 Å². The number of nitrogens with one attached hydrogen (secondary N) is 2. The molecule has 1 atom stereocenters. The van der Waals surface area contributed by atoms with Crippen molar-refractivity contribution in [3.8, 4) is 0 Å². The lowest BCUT2D eigenvalue weighted by atomic mass is 10.2. The third-order valence-corrected chi connectivity index (χ3v) is 4.80. The molecule has 0 spiro atoms. The number of carbonyl (C=O) groups excluding carboxylic acids is 1. The van der Waals surface area contributed by atoms with Crippen LogP contribution in [0.15, 0.2) is 35.2 Å². The van der Waals surface area contributed by atoms with Gasteiger partial charge in [0.1, 0.15) is 23.5 Å². The number of thiophene rings is 1. The zero-order chi connectivity index (χ0) is 19.4. The third-order valence-electron chi connectivity index (χ3n) is 3.64. The summed E-state index contributed by atoms with van der Waals surface area (Å²) in [5, 5.41) is 6.16. The van der Waals surface area contributed by atoms with Gasteiger partial charge in [0, 0.05) is 17.3 Å². The number of nitrogens with zero attached hydrogens (tertiary/aromatic N) is 2. The van der Waals surface area contributed by atoms with E-state index in [1.165, 1.54) is 0 Å². The highest BCUT2D eigenvalue weighted by molar-refractivity contribution is 7.19. The van der Waals surface area contributed by atoms with Crippen LogP contribution in [0.3, 0.4) is 0 Å². The summed E-state index contributed by atoms with van der Waals surface area (Å²) in [5.74, 6) is 1.62. The SMILES string of the molecule is C[C@H](Cc1cc2ncnc(NCc3ccco3)c2s1)NC(=O)OC(C)(C)C. The quantitative estimate of drug-likeness (QED) is 0.652. The van der Waals surface area contributed by atoms with Crippen LogP contribution < -0.4 is 10.6 Å². The van der Waals surface area contributed by atoms with E-state index in [4.69, 9.17) is 9.15 Å². The monoisotopic (exact) mass is 388 g/mol. The third kappa shape index (κ3) is 5.43. The van der Waals surface area contributed by atoms with Crippen molar-refractivity contribution in [2.75, 3.05) is 5.32 Å². The van der Waals surface area contributed by atoms with Crippen molar-refractivity contribution in [3.63, 3.8) is 0 Å². The Morgan fingerprint density at radius 2 is 2.19 bits per heavy atom. The Bertz CT molecular complexity index is 899. The summed E-state index contributed by atoms with van der Waals surface area (Å²) < 4.78 is 11.6. The molecule has 0 saturated heterocycles. The zero-order valence-electron chi connectivity index (χ0n) is 15.9. The van der Waals surface area contributed by atoms with Crippen LogP contribution in [-0.2, 0) is 17.7 Å². The molecule has 0 unspecified atom stereocenters. The van der Waals surface area contributed by atoms with Gasteiger partial charge in [-0.2, -0.15) is 0 Å². The largest absolute Gasteiger partial charge is 0.467 e. The molecule has 8 heteroatoms. The van der Waals surface area contributed by atoms with Gasteiger partial charge in [-0.1, -0.05) is 0 Å². The molecule has 2 N–H and O–H groups in total. The lowest BCUT2D eigenvalue weighted by molar-refractivity contribution is 0.0508. The maximum absolute atomic E-state index is 11.9. The highest BCUT2D eigenvalue weighted by Gasteiger charge is 2.18. The molecule has 27 heavy (non-hydrogen) atoms. The molecule has 0 saturated carbocycles. The van der Waals surface area contributed by atoms with Gasteiger partial charge < -0.3 is 19.8 Å². The number of ether oxygens (including phenoxy) is 1. The lowest BCUT2D eigenvalue weighted by Crippen LogP contribution is -2.38. The van der Waals surface area contributed by atoms with Crippen LogP contribution in [0.4, 0.5) is 10.6 Å². The molecule has 0 aromatic carbocycles. The molecule has 0 aliphatic heterocycles. The summed E-state index contributed by atoms with van der Waals surface area (Å²) in [5.41, 5.74) is 0.377. The first kappa shape index (κ1) is 19.2. The van der Waals surface area contributed by atoms with Gasteiger partial charge in [0.2, 0.25) is 0 Å². The van der Waals surface area contributed by atoms with E-state index in [2.05, 4.69) is 20.6 Å². The van der Waals surface area contributed by atoms with E-state index in [0.717, 1.165) is 26.7 Å². The van der Waals surface area contributed by atoms with E-state index in [9.17, 15) is 4.79 Å². The maximum atomic E-state index is 11.9. The number of aromatic nitrogens is 2. The lowest BCUT2D eigenvalue weighted by Gasteiger charge is -2.21. The van der Waals surface area contributed by atoms with Crippen LogP contribution in [0.25, 0.3) is 10.2 Å². The summed E-state index contributed by atoms with van der Waals surface area (Å²) in [6.07, 6.45) is 3.48. The van der Waals surface area contributed by atoms with Crippen LogP contribution in [0.2, 0.25) is 0 Å². The van der Waals surface area contributed by atoms with E-state index in [0.29, 0.717) is 13.0 Å². The predicted molar refractivity (Wildman–Crippen MR) is 106 cm³/mol. The van der Waals surface area contributed by atoms with Crippen LogP contribution >= 0.6 is 11.3 Å². The Balaban J connectivity index is 1.65. The molecule has 0 bridgehead atoms. The van der Waals surface area contributed by atoms with Crippen molar-refractivity contribution in [2.24, 2.45) is 0 Å². The second kappa shape index (κ2) is 7.96. The first-order chi connectivity index (χ1) is 12.8. The number of amides is 1. The first-order valence-corrected chi connectivity index (χ1v) is 9.61. The fourth-order valence-corrected chi connectivity index (χ4v) is 3.78. The van der Waals surface area contributed by atoms with Crippen molar-refractivity contribution in [1.82, 2.24) is 15.3 Å². The van der Waals surface area contributed by atoms with Gasteiger partial charge in [-0.25, -0.2) is 14.8 Å². The van der Waals surface area contributed by atoms with Gasteiger partial charge in [0.25, 0.3) is 0 Å². The molecule has 0 fully saturated rings. The average Bonchev–Trinajstić information content (AvgIpc) is 3.19. The summed E-state index contributed by atoms with van der Waals surface area (Å²) in [4.78, 5) is 21.7. The normalized spacial score (nSPS) is 12.7. The molecule has 0 aliphatic carbocycles. The number of rotatable bonds is 6. The van der Waals surface area contributed by atoms with Crippen molar-refractivity contribution in [2.45, 2.75) is 52.3 Å². The molecule has 1 amide bonds. The topological polar surface area (TPSA) is 89.3 Å². The second-order valence-corrected chi connectivity index (χ2v) is 8.47. The highest BCUT2D eigenvalue weighted by Crippen LogP contribution is 2.30. The molecule has 0 radical (unpaired) electrons. The van der Waals surface area contributed by atoms with Crippen molar-refractivity contribution in [1.29, 1.82) is 0 Å². The Morgan fingerprint density at radius 1 is 1.37 bits per heavy atom. The number of alkyl carbamates (subject to hydrolysis) is 1. The van der Waals surface area contributed by atoms with Gasteiger partial charge in [-0.3, -0.25) is 0 Å². The van der Waals surface area contributed by atoms with Gasteiger partial charge in [-0.05, 0) is 45.9 Å². The number of furan rings is 1. The van der Waals surface area contributed by atoms with Gasteiger partial charge in [-0.15, -0.1) is 11.3 Å². The smallest absolute Gasteiger partial charge is 0.407 e. The molecule has 7 nitrogen and oxygen atoms in total. The summed E-state index contributed by atoms with van der Waals surface area (Å²) in [6.45, 7) is 8.05.